The van der Waals surface area contributed by atoms with Crippen molar-refractivity contribution < 1.29 is 8.42 Å². The van der Waals surface area contributed by atoms with Crippen LogP contribution in [0.2, 0.25) is 0 Å². The molecule has 0 radical (unpaired) electrons. The minimum atomic E-state index is -3.34. The van der Waals surface area contributed by atoms with Gasteiger partial charge in [-0.3, -0.25) is 0 Å². The van der Waals surface area contributed by atoms with Gasteiger partial charge in [-0.2, -0.15) is 17.0 Å². The van der Waals surface area contributed by atoms with E-state index in [4.69, 9.17) is 5.73 Å². The zero-order chi connectivity index (χ0) is 14.0. The maximum atomic E-state index is 12.9. The third-order valence-electron chi connectivity index (χ3n) is 4.44. The second kappa shape index (κ2) is 6.08. The highest BCUT2D eigenvalue weighted by Crippen LogP contribution is 2.29. The number of piperidine rings is 2. The molecule has 2 aliphatic heterocycles. The lowest BCUT2D eigenvalue weighted by Crippen LogP contribution is -2.57. The fraction of sp³-hybridized carbons (Fsp3) is 1.00. The number of rotatable bonds is 3. The molecule has 0 aliphatic carbocycles. The number of nitrogens with zero attached hydrogens (tertiary/aromatic N) is 2. The topological polar surface area (TPSA) is 66.6 Å². The van der Waals surface area contributed by atoms with Gasteiger partial charge in [0.15, 0.2) is 0 Å². The smallest absolute Gasteiger partial charge is 0.282 e. The van der Waals surface area contributed by atoms with Gasteiger partial charge < -0.3 is 5.73 Å². The summed E-state index contributed by atoms with van der Waals surface area (Å²) in [4.78, 5) is 0. The molecule has 5 nitrogen and oxygen atoms in total. The standard InChI is InChI=1S/C13H27N3O2S/c1-11-5-4-8-15(10-11)19(17,18)16-12(2)6-3-7-13(16)9-14/h11-13H,3-10,14H2,1-2H3. The van der Waals surface area contributed by atoms with Gasteiger partial charge in [0, 0.05) is 31.7 Å². The van der Waals surface area contributed by atoms with Crippen molar-refractivity contribution in [2.75, 3.05) is 19.6 Å². The van der Waals surface area contributed by atoms with Crippen LogP contribution in [-0.4, -0.2) is 48.7 Å². The molecule has 2 rings (SSSR count). The van der Waals surface area contributed by atoms with Crippen molar-refractivity contribution in [1.82, 2.24) is 8.61 Å². The van der Waals surface area contributed by atoms with Crippen LogP contribution in [0.3, 0.4) is 0 Å². The third kappa shape index (κ3) is 3.12. The summed E-state index contributed by atoms with van der Waals surface area (Å²) in [5.74, 6) is 0.458. The average molecular weight is 289 g/mol. The molecule has 0 aromatic heterocycles. The molecule has 0 bridgehead atoms. The van der Waals surface area contributed by atoms with E-state index >= 15 is 0 Å². The molecule has 0 aromatic carbocycles. The van der Waals surface area contributed by atoms with E-state index in [0.29, 0.717) is 25.6 Å². The van der Waals surface area contributed by atoms with Crippen LogP contribution in [0.5, 0.6) is 0 Å². The van der Waals surface area contributed by atoms with Crippen molar-refractivity contribution >= 4 is 10.2 Å². The molecule has 2 heterocycles. The van der Waals surface area contributed by atoms with E-state index in [9.17, 15) is 8.42 Å². The lowest BCUT2D eigenvalue weighted by Gasteiger charge is -2.43. The minimum Gasteiger partial charge on any atom is -0.329 e. The van der Waals surface area contributed by atoms with Gasteiger partial charge in [0.05, 0.1) is 0 Å². The molecule has 2 N–H and O–H groups in total. The molecule has 6 heteroatoms. The molecule has 0 aromatic rings. The Morgan fingerprint density at radius 1 is 1.16 bits per heavy atom. The SMILES string of the molecule is CC1CCCN(S(=O)(=O)N2C(C)CCCC2CN)C1. The van der Waals surface area contributed by atoms with Crippen LogP contribution in [0.1, 0.15) is 46.0 Å². The highest BCUT2D eigenvalue weighted by Gasteiger charge is 2.40. The monoisotopic (exact) mass is 289 g/mol. The van der Waals surface area contributed by atoms with Crippen molar-refractivity contribution in [3.63, 3.8) is 0 Å². The molecule has 112 valence electrons. The Morgan fingerprint density at radius 3 is 2.53 bits per heavy atom. The maximum absolute atomic E-state index is 12.9. The lowest BCUT2D eigenvalue weighted by molar-refractivity contribution is 0.170. The van der Waals surface area contributed by atoms with Gasteiger partial charge in [0.25, 0.3) is 10.2 Å². The summed E-state index contributed by atoms with van der Waals surface area (Å²) in [5, 5.41) is 0. The Hall–Kier alpha value is -0.170. The molecule has 19 heavy (non-hydrogen) atoms. The zero-order valence-corrected chi connectivity index (χ0v) is 12.9. The zero-order valence-electron chi connectivity index (χ0n) is 12.1. The summed E-state index contributed by atoms with van der Waals surface area (Å²) in [6, 6.07) is 0.0514. The van der Waals surface area contributed by atoms with E-state index in [-0.39, 0.29) is 12.1 Å². The fourth-order valence-corrected chi connectivity index (χ4v) is 5.59. The Bertz CT molecular complexity index is 399. The largest absolute Gasteiger partial charge is 0.329 e. The van der Waals surface area contributed by atoms with Gasteiger partial charge in [-0.05, 0) is 38.5 Å². The van der Waals surface area contributed by atoms with Crippen molar-refractivity contribution in [3.8, 4) is 0 Å². The van der Waals surface area contributed by atoms with Gasteiger partial charge in [0.1, 0.15) is 0 Å². The Labute approximate surface area is 117 Å². The normalized spacial score (nSPS) is 35.4. The minimum absolute atomic E-state index is 0.0222. The van der Waals surface area contributed by atoms with Crippen LogP contribution < -0.4 is 5.73 Å². The number of hydrogen-bond acceptors (Lipinski definition) is 3. The van der Waals surface area contributed by atoms with E-state index in [2.05, 4.69) is 6.92 Å². The quantitative estimate of drug-likeness (QED) is 0.848. The average Bonchev–Trinajstić information content (AvgIpc) is 2.38. The maximum Gasteiger partial charge on any atom is 0.282 e. The summed E-state index contributed by atoms with van der Waals surface area (Å²) >= 11 is 0. The molecular formula is C13H27N3O2S. The Balaban J connectivity index is 2.20. The predicted octanol–water partition coefficient (Wildman–Crippen LogP) is 1.16. The summed E-state index contributed by atoms with van der Waals surface area (Å²) in [7, 11) is -3.34. The molecule has 2 saturated heterocycles. The van der Waals surface area contributed by atoms with Crippen LogP contribution in [0.4, 0.5) is 0 Å². The second-order valence-electron chi connectivity index (χ2n) is 6.11. The lowest BCUT2D eigenvalue weighted by atomic mass is 10.00. The highest BCUT2D eigenvalue weighted by molar-refractivity contribution is 7.86. The van der Waals surface area contributed by atoms with Crippen LogP contribution in [0, 0.1) is 5.92 Å². The molecule has 0 saturated carbocycles. The van der Waals surface area contributed by atoms with Crippen LogP contribution in [0.25, 0.3) is 0 Å². The molecule has 2 aliphatic rings. The summed E-state index contributed by atoms with van der Waals surface area (Å²) in [6.07, 6.45) is 5.01. The van der Waals surface area contributed by atoms with Gasteiger partial charge in [-0.25, -0.2) is 0 Å². The van der Waals surface area contributed by atoms with Crippen molar-refractivity contribution in [2.45, 2.75) is 58.0 Å². The molecule has 0 spiro atoms. The fourth-order valence-electron chi connectivity index (χ4n) is 3.39. The molecule has 0 amide bonds. The van der Waals surface area contributed by atoms with Crippen LogP contribution in [-0.2, 0) is 10.2 Å². The van der Waals surface area contributed by atoms with E-state index < -0.39 is 10.2 Å². The summed E-state index contributed by atoms with van der Waals surface area (Å²) < 4.78 is 29.1. The molecular weight excluding hydrogens is 262 g/mol. The molecule has 3 unspecified atom stereocenters. The van der Waals surface area contributed by atoms with Gasteiger partial charge in [0.2, 0.25) is 0 Å². The van der Waals surface area contributed by atoms with E-state index in [1.807, 2.05) is 6.92 Å². The summed E-state index contributed by atoms with van der Waals surface area (Å²) in [6.45, 7) is 5.87. The van der Waals surface area contributed by atoms with Crippen molar-refractivity contribution in [3.05, 3.63) is 0 Å². The summed E-state index contributed by atoms with van der Waals surface area (Å²) in [5.41, 5.74) is 5.78. The Morgan fingerprint density at radius 2 is 1.89 bits per heavy atom. The van der Waals surface area contributed by atoms with Crippen LogP contribution >= 0.6 is 0 Å². The highest BCUT2D eigenvalue weighted by atomic mass is 32.2. The van der Waals surface area contributed by atoms with E-state index in [1.54, 1.807) is 8.61 Å². The van der Waals surface area contributed by atoms with E-state index in [0.717, 1.165) is 32.1 Å². The second-order valence-corrected chi connectivity index (χ2v) is 7.95. The Kier molecular flexibility index (Phi) is 4.87. The van der Waals surface area contributed by atoms with E-state index in [1.165, 1.54) is 0 Å². The predicted molar refractivity (Wildman–Crippen MR) is 76.9 cm³/mol. The van der Waals surface area contributed by atoms with Crippen molar-refractivity contribution in [2.24, 2.45) is 11.7 Å². The van der Waals surface area contributed by atoms with Gasteiger partial charge in [-0.1, -0.05) is 13.3 Å². The first-order chi connectivity index (χ1) is 8.96. The first-order valence-corrected chi connectivity index (χ1v) is 8.85. The number of hydrogen-bond donors (Lipinski definition) is 1. The molecule has 3 atom stereocenters. The van der Waals surface area contributed by atoms with Crippen molar-refractivity contribution in [1.29, 1.82) is 0 Å². The third-order valence-corrected chi connectivity index (χ3v) is 6.61. The first-order valence-electron chi connectivity index (χ1n) is 7.45. The first kappa shape index (κ1) is 15.2. The van der Waals surface area contributed by atoms with Gasteiger partial charge >= 0.3 is 0 Å². The van der Waals surface area contributed by atoms with Gasteiger partial charge in [-0.15, -0.1) is 0 Å². The molecule has 2 fully saturated rings. The number of nitrogens with two attached hydrogens (primary N) is 1. The van der Waals surface area contributed by atoms with Crippen LogP contribution in [0.15, 0.2) is 0 Å².